The summed E-state index contributed by atoms with van der Waals surface area (Å²) in [5.41, 5.74) is 0.0671. The average Bonchev–Trinajstić information content (AvgIpc) is 2.30. The Labute approximate surface area is 105 Å². The molecule has 0 aliphatic heterocycles. The van der Waals surface area contributed by atoms with E-state index in [4.69, 9.17) is 5.26 Å². The van der Waals surface area contributed by atoms with E-state index in [1.165, 1.54) is 6.07 Å². The van der Waals surface area contributed by atoms with Crippen molar-refractivity contribution in [1.29, 1.82) is 5.26 Å². The maximum atomic E-state index is 12.2. The molecule has 0 bridgehead atoms. The van der Waals surface area contributed by atoms with Crippen molar-refractivity contribution < 1.29 is 13.5 Å². The number of hydrogen-bond acceptors (Lipinski definition) is 3. The number of benzene rings is 1. The van der Waals surface area contributed by atoms with Crippen LogP contribution in [0, 0.1) is 16.7 Å². The molecule has 98 valence electrons. The average molecular weight is 254 g/mol. The quantitative estimate of drug-likeness (QED) is 0.843. The zero-order chi connectivity index (χ0) is 13.6. The van der Waals surface area contributed by atoms with Crippen LogP contribution >= 0.6 is 0 Å². The minimum Gasteiger partial charge on any atom is -0.433 e. The molecule has 3 nitrogen and oxygen atoms in total. The molecule has 0 spiro atoms. The van der Waals surface area contributed by atoms with E-state index in [1.54, 1.807) is 18.2 Å². The molecule has 0 unspecified atom stereocenters. The van der Waals surface area contributed by atoms with Gasteiger partial charge in [-0.05, 0) is 32.4 Å². The number of para-hydroxylation sites is 2. The van der Waals surface area contributed by atoms with E-state index in [0.29, 0.717) is 18.7 Å². The minimum absolute atomic E-state index is 0.113. The van der Waals surface area contributed by atoms with Gasteiger partial charge in [0.1, 0.15) is 5.75 Å². The summed E-state index contributed by atoms with van der Waals surface area (Å²) in [7, 11) is 0. The molecule has 0 fully saturated rings. The van der Waals surface area contributed by atoms with Gasteiger partial charge in [0.05, 0.1) is 17.2 Å². The number of anilines is 1. The predicted octanol–water partition coefficient (Wildman–Crippen LogP) is 3.64. The van der Waals surface area contributed by atoms with Crippen LogP contribution in [0.1, 0.15) is 20.3 Å². The predicted molar refractivity (Wildman–Crippen MR) is 65.6 cm³/mol. The zero-order valence-electron chi connectivity index (χ0n) is 10.4. The van der Waals surface area contributed by atoms with Crippen molar-refractivity contribution >= 4 is 5.69 Å². The monoisotopic (exact) mass is 254 g/mol. The molecule has 0 aliphatic carbocycles. The number of nitriles is 1. The fraction of sp³-hybridized carbons (Fsp3) is 0.462. The molecule has 0 heterocycles. The molecule has 0 aliphatic rings. The van der Waals surface area contributed by atoms with Gasteiger partial charge in [0, 0.05) is 6.54 Å². The molecular weight excluding hydrogens is 238 g/mol. The van der Waals surface area contributed by atoms with Crippen LogP contribution in [0.25, 0.3) is 0 Å². The molecule has 1 aromatic rings. The van der Waals surface area contributed by atoms with Crippen LogP contribution in [0.5, 0.6) is 5.75 Å². The molecule has 18 heavy (non-hydrogen) atoms. The van der Waals surface area contributed by atoms with E-state index < -0.39 is 12.0 Å². The lowest BCUT2D eigenvalue weighted by atomic mass is 9.91. The van der Waals surface area contributed by atoms with Gasteiger partial charge >= 0.3 is 6.61 Å². The van der Waals surface area contributed by atoms with Gasteiger partial charge in [0.15, 0.2) is 0 Å². The van der Waals surface area contributed by atoms with Crippen molar-refractivity contribution in [2.24, 2.45) is 5.41 Å². The van der Waals surface area contributed by atoms with Gasteiger partial charge < -0.3 is 10.1 Å². The summed E-state index contributed by atoms with van der Waals surface area (Å²) in [5.74, 6) is 0.113. The normalized spacial score (nSPS) is 11.1. The Kier molecular flexibility index (Phi) is 4.90. The Morgan fingerprint density at radius 1 is 1.39 bits per heavy atom. The highest BCUT2D eigenvalue weighted by molar-refractivity contribution is 5.56. The molecular formula is C13H16F2N2O. The third-order valence-corrected chi connectivity index (χ3v) is 2.47. The van der Waals surface area contributed by atoms with Gasteiger partial charge in [-0.3, -0.25) is 0 Å². The molecule has 1 rings (SSSR count). The smallest absolute Gasteiger partial charge is 0.387 e. The molecule has 1 aromatic carbocycles. The number of hydrogen-bond donors (Lipinski definition) is 1. The second kappa shape index (κ2) is 6.20. The highest BCUT2D eigenvalue weighted by Crippen LogP contribution is 2.26. The summed E-state index contributed by atoms with van der Waals surface area (Å²) in [6.07, 6.45) is 0.618. The second-order valence-corrected chi connectivity index (χ2v) is 4.55. The number of nitrogens with zero attached hydrogens (tertiary/aromatic N) is 1. The molecule has 0 saturated heterocycles. The SMILES string of the molecule is CC(C)(C#N)CCNc1ccccc1OC(F)F. The summed E-state index contributed by atoms with van der Waals surface area (Å²) < 4.78 is 28.7. The maximum Gasteiger partial charge on any atom is 0.387 e. The van der Waals surface area contributed by atoms with Crippen molar-refractivity contribution in [1.82, 2.24) is 0 Å². The first-order chi connectivity index (χ1) is 8.44. The maximum absolute atomic E-state index is 12.2. The fourth-order valence-electron chi connectivity index (χ4n) is 1.38. The molecule has 1 N–H and O–H groups in total. The van der Waals surface area contributed by atoms with E-state index in [2.05, 4.69) is 16.1 Å². The van der Waals surface area contributed by atoms with Crippen molar-refractivity contribution in [2.75, 3.05) is 11.9 Å². The number of alkyl halides is 2. The van der Waals surface area contributed by atoms with Gasteiger partial charge in [0.2, 0.25) is 0 Å². The first-order valence-electron chi connectivity index (χ1n) is 5.63. The summed E-state index contributed by atoms with van der Waals surface area (Å²) in [5, 5.41) is 11.9. The van der Waals surface area contributed by atoms with Gasteiger partial charge in [-0.25, -0.2) is 0 Å². The van der Waals surface area contributed by atoms with Crippen molar-refractivity contribution in [3.8, 4) is 11.8 Å². The Bertz CT molecular complexity index is 427. The van der Waals surface area contributed by atoms with Gasteiger partial charge in [-0.2, -0.15) is 14.0 Å². The fourth-order valence-corrected chi connectivity index (χ4v) is 1.38. The van der Waals surface area contributed by atoms with Gasteiger partial charge in [0.25, 0.3) is 0 Å². The largest absolute Gasteiger partial charge is 0.433 e. The summed E-state index contributed by atoms with van der Waals surface area (Å²) in [6, 6.07) is 8.68. The van der Waals surface area contributed by atoms with Crippen LogP contribution in [0.2, 0.25) is 0 Å². The standard InChI is InChI=1S/C13H16F2N2O/c1-13(2,9-16)7-8-17-10-5-3-4-6-11(10)18-12(14)15/h3-6,12,17H,7-8H2,1-2H3. The van der Waals surface area contributed by atoms with E-state index in [0.717, 1.165) is 0 Å². The highest BCUT2D eigenvalue weighted by atomic mass is 19.3. The molecule has 0 aromatic heterocycles. The van der Waals surface area contributed by atoms with Crippen LogP contribution in [0.4, 0.5) is 14.5 Å². The number of ether oxygens (including phenoxy) is 1. The van der Waals surface area contributed by atoms with Gasteiger partial charge in [-0.1, -0.05) is 12.1 Å². The lowest BCUT2D eigenvalue weighted by Gasteiger charge is -2.17. The molecule has 5 heteroatoms. The third-order valence-electron chi connectivity index (χ3n) is 2.47. The summed E-state index contributed by atoms with van der Waals surface area (Å²) >= 11 is 0. The Balaban J connectivity index is 2.60. The third kappa shape index (κ3) is 4.58. The first kappa shape index (κ1) is 14.2. The first-order valence-corrected chi connectivity index (χ1v) is 5.63. The number of rotatable bonds is 6. The number of halogens is 2. The minimum atomic E-state index is -2.84. The Morgan fingerprint density at radius 2 is 2.06 bits per heavy atom. The van der Waals surface area contributed by atoms with Crippen LogP contribution in [0.15, 0.2) is 24.3 Å². The zero-order valence-corrected chi connectivity index (χ0v) is 10.4. The highest BCUT2D eigenvalue weighted by Gasteiger charge is 2.16. The van der Waals surface area contributed by atoms with Crippen molar-refractivity contribution in [2.45, 2.75) is 26.9 Å². The van der Waals surface area contributed by atoms with E-state index >= 15 is 0 Å². The lowest BCUT2D eigenvalue weighted by molar-refractivity contribution is -0.0493. The van der Waals surface area contributed by atoms with Crippen LogP contribution in [-0.2, 0) is 0 Å². The molecule has 0 amide bonds. The summed E-state index contributed by atoms with van der Waals surface area (Å²) in [6.45, 7) is 1.33. The van der Waals surface area contributed by atoms with Crippen LogP contribution in [0.3, 0.4) is 0 Å². The Hall–Kier alpha value is -1.83. The van der Waals surface area contributed by atoms with Crippen LogP contribution in [-0.4, -0.2) is 13.2 Å². The van der Waals surface area contributed by atoms with Gasteiger partial charge in [-0.15, -0.1) is 0 Å². The topological polar surface area (TPSA) is 45.0 Å². The number of nitrogens with one attached hydrogen (secondary N) is 1. The second-order valence-electron chi connectivity index (χ2n) is 4.55. The summed E-state index contributed by atoms with van der Waals surface area (Å²) in [4.78, 5) is 0. The molecule has 0 saturated carbocycles. The van der Waals surface area contributed by atoms with E-state index in [1.807, 2.05) is 13.8 Å². The van der Waals surface area contributed by atoms with Crippen molar-refractivity contribution in [3.63, 3.8) is 0 Å². The Morgan fingerprint density at radius 3 is 2.67 bits per heavy atom. The van der Waals surface area contributed by atoms with Crippen molar-refractivity contribution in [3.05, 3.63) is 24.3 Å². The molecule has 0 radical (unpaired) electrons. The van der Waals surface area contributed by atoms with Crippen LogP contribution < -0.4 is 10.1 Å². The van der Waals surface area contributed by atoms with E-state index in [9.17, 15) is 8.78 Å². The lowest BCUT2D eigenvalue weighted by Crippen LogP contribution is -2.15. The molecule has 0 atom stereocenters. The van der Waals surface area contributed by atoms with E-state index in [-0.39, 0.29) is 5.75 Å².